The molecule has 0 unspecified atom stereocenters. The molecule has 5 fully saturated rings. The Bertz CT molecular complexity index is 969. The Labute approximate surface area is 203 Å². The number of nitrogens with one attached hydrogen (secondary N) is 1. The van der Waals surface area contributed by atoms with Gasteiger partial charge >= 0.3 is 0 Å². The number of aromatic nitrogens is 2. The number of carbonyl (C=O) groups is 1. The molecule has 1 aromatic rings. The maximum atomic E-state index is 13.4. The van der Waals surface area contributed by atoms with Gasteiger partial charge in [-0.2, -0.15) is 5.10 Å². The van der Waals surface area contributed by atoms with Crippen LogP contribution in [-0.4, -0.2) is 59.9 Å². The normalized spacial score (nSPS) is 31.8. The first-order valence-electron chi connectivity index (χ1n) is 13.2. The SMILES string of the molecule is CC(C)Oc1c(C(=O)NC2C3CC4CC(C3)CC2C4)cnn1CCC1CCN(S(C)(=O)=O)CC1. The zero-order valence-corrected chi connectivity index (χ0v) is 21.6. The van der Waals surface area contributed by atoms with Gasteiger partial charge in [0.2, 0.25) is 15.9 Å². The van der Waals surface area contributed by atoms with Gasteiger partial charge in [0.05, 0.1) is 18.6 Å². The molecule has 1 saturated heterocycles. The summed E-state index contributed by atoms with van der Waals surface area (Å²) >= 11 is 0. The van der Waals surface area contributed by atoms with E-state index in [1.165, 1.54) is 38.4 Å². The molecule has 0 aromatic carbocycles. The Kier molecular flexibility index (Phi) is 6.70. The molecule has 190 valence electrons. The van der Waals surface area contributed by atoms with E-state index in [4.69, 9.17) is 4.74 Å². The van der Waals surface area contributed by atoms with Gasteiger partial charge in [-0.15, -0.1) is 0 Å². The molecule has 1 amide bonds. The number of amides is 1. The Balaban J connectivity index is 1.23. The second kappa shape index (κ2) is 9.45. The van der Waals surface area contributed by atoms with E-state index in [0.29, 0.717) is 48.8 Å². The average molecular weight is 493 g/mol. The molecule has 0 atom stereocenters. The summed E-state index contributed by atoms with van der Waals surface area (Å²) in [4.78, 5) is 13.4. The Morgan fingerprint density at radius 1 is 1.12 bits per heavy atom. The van der Waals surface area contributed by atoms with Crippen LogP contribution >= 0.6 is 0 Å². The van der Waals surface area contributed by atoms with Gasteiger partial charge in [0.15, 0.2) is 0 Å². The summed E-state index contributed by atoms with van der Waals surface area (Å²) in [5.41, 5.74) is 0.536. The van der Waals surface area contributed by atoms with Crippen LogP contribution in [0.4, 0.5) is 0 Å². The molecule has 1 aromatic heterocycles. The molecule has 0 radical (unpaired) electrons. The van der Waals surface area contributed by atoms with Crippen molar-refractivity contribution >= 4 is 15.9 Å². The summed E-state index contributed by atoms with van der Waals surface area (Å²) < 4.78 is 33.0. The molecular formula is C25H40N4O4S. The van der Waals surface area contributed by atoms with Crippen molar-refractivity contribution < 1.29 is 17.9 Å². The molecular weight excluding hydrogens is 452 g/mol. The Morgan fingerprint density at radius 2 is 1.74 bits per heavy atom. The van der Waals surface area contributed by atoms with Crippen molar-refractivity contribution in [2.75, 3.05) is 19.3 Å². The van der Waals surface area contributed by atoms with Gasteiger partial charge in [-0.25, -0.2) is 17.4 Å². The molecule has 5 aliphatic rings. The highest BCUT2D eigenvalue weighted by atomic mass is 32.2. The van der Waals surface area contributed by atoms with Crippen LogP contribution in [0, 0.1) is 29.6 Å². The fourth-order valence-corrected chi connectivity index (χ4v) is 8.14. The zero-order valence-electron chi connectivity index (χ0n) is 20.8. The predicted molar refractivity (Wildman–Crippen MR) is 130 cm³/mol. The zero-order chi connectivity index (χ0) is 24.0. The van der Waals surface area contributed by atoms with E-state index in [1.54, 1.807) is 10.5 Å². The van der Waals surface area contributed by atoms with Crippen molar-refractivity contribution in [3.8, 4) is 5.88 Å². The number of hydrogen-bond acceptors (Lipinski definition) is 5. The van der Waals surface area contributed by atoms with Crippen LogP contribution in [0.3, 0.4) is 0 Å². The monoisotopic (exact) mass is 492 g/mol. The van der Waals surface area contributed by atoms with Crippen molar-refractivity contribution in [1.29, 1.82) is 0 Å². The molecule has 34 heavy (non-hydrogen) atoms. The molecule has 4 bridgehead atoms. The first-order valence-corrected chi connectivity index (χ1v) is 15.0. The predicted octanol–water partition coefficient (Wildman–Crippen LogP) is 3.29. The van der Waals surface area contributed by atoms with Crippen molar-refractivity contribution in [3.05, 3.63) is 11.8 Å². The van der Waals surface area contributed by atoms with E-state index in [9.17, 15) is 13.2 Å². The third kappa shape index (κ3) is 5.01. The molecule has 0 spiro atoms. The Hall–Kier alpha value is -1.61. The largest absolute Gasteiger partial charge is 0.475 e. The summed E-state index contributed by atoms with van der Waals surface area (Å²) in [5, 5.41) is 7.93. The van der Waals surface area contributed by atoms with E-state index >= 15 is 0 Å². The first-order chi connectivity index (χ1) is 16.2. The van der Waals surface area contributed by atoms with Crippen molar-refractivity contribution in [2.45, 2.75) is 83.9 Å². The van der Waals surface area contributed by atoms with Gasteiger partial charge in [-0.05, 0) is 94.8 Å². The van der Waals surface area contributed by atoms with Crippen LogP contribution in [0.15, 0.2) is 6.20 Å². The third-order valence-corrected chi connectivity index (χ3v) is 10.0. The highest BCUT2D eigenvalue weighted by molar-refractivity contribution is 7.88. The standard InChI is InChI=1S/C25H40N4O4S/c1-16(2)33-25-22(24(30)27-23-20-11-18-10-19(13-20)14-21(23)12-18)15-26-29(25)9-6-17-4-7-28(8-5-17)34(3,31)32/h15-21,23H,4-14H2,1-3H3,(H,27,30). The average Bonchev–Trinajstić information content (AvgIpc) is 3.15. The topological polar surface area (TPSA) is 93.5 Å². The van der Waals surface area contributed by atoms with Crippen molar-refractivity contribution in [2.24, 2.45) is 29.6 Å². The molecule has 1 N–H and O–H groups in total. The second-order valence-corrected chi connectivity index (χ2v) is 13.6. The van der Waals surface area contributed by atoms with E-state index < -0.39 is 10.0 Å². The fraction of sp³-hybridized carbons (Fsp3) is 0.840. The van der Waals surface area contributed by atoms with Crippen molar-refractivity contribution in [1.82, 2.24) is 19.4 Å². The minimum atomic E-state index is -3.11. The lowest BCUT2D eigenvalue weighted by molar-refractivity contribution is -0.0120. The van der Waals surface area contributed by atoms with Gasteiger partial charge in [0.25, 0.3) is 5.91 Å². The van der Waals surface area contributed by atoms with E-state index in [0.717, 1.165) is 31.1 Å². The number of aryl methyl sites for hydroxylation is 1. The summed E-state index contributed by atoms with van der Waals surface area (Å²) in [5.74, 6) is 3.96. The molecule has 4 aliphatic carbocycles. The van der Waals surface area contributed by atoms with E-state index in [1.807, 2.05) is 18.5 Å². The lowest BCUT2D eigenvalue weighted by Crippen LogP contribution is -2.55. The lowest BCUT2D eigenvalue weighted by Gasteiger charge is -2.54. The summed E-state index contributed by atoms with van der Waals surface area (Å²) in [7, 11) is -3.11. The highest BCUT2D eigenvalue weighted by Gasteiger charge is 2.48. The number of nitrogens with zero attached hydrogens (tertiary/aromatic N) is 3. The number of carbonyl (C=O) groups excluding carboxylic acids is 1. The molecule has 8 nitrogen and oxygen atoms in total. The van der Waals surface area contributed by atoms with Crippen LogP contribution < -0.4 is 10.1 Å². The molecule has 6 rings (SSSR count). The smallest absolute Gasteiger partial charge is 0.258 e. The molecule has 4 saturated carbocycles. The van der Waals surface area contributed by atoms with Gasteiger partial charge in [0.1, 0.15) is 5.56 Å². The minimum absolute atomic E-state index is 0.0545. The van der Waals surface area contributed by atoms with Gasteiger partial charge < -0.3 is 10.1 Å². The quantitative estimate of drug-likeness (QED) is 0.601. The number of sulfonamides is 1. The number of ether oxygens (including phenoxy) is 1. The van der Waals surface area contributed by atoms with Crippen LogP contribution in [0.1, 0.15) is 75.6 Å². The maximum Gasteiger partial charge on any atom is 0.258 e. The highest BCUT2D eigenvalue weighted by Crippen LogP contribution is 2.53. The minimum Gasteiger partial charge on any atom is -0.475 e. The molecule has 2 heterocycles. The van der Waals surface area contributed by atoms with Crippen LogP contribution in [-0.2, 0) is 16.6 Å². The first kappa shape index (κ1) is 24.1. The third-order valence-electron chi connectivity index (χ3n) is 8.70. The number of rotatable bonds is 8. The van der Waals surface area contributed by atoms with E-state index in [2.05, 4.69) is 10.4 Å². The van der Waals surface area contributed by atoms with Crippen LogP contribution in [0.2, 0.25) is 0 Å². The molecule has 1 aliphatic heterocycles. The Morgan fingerprint density at radius 3 is 2.29 bits per heavy atom. The summed E-state index contributed by atoms with van der Waals surface area (Å²) in [6.07, 6.45) is 12.0. The second-order valence-electron chi connectivity index (χ2n) is 11.6. The van der Waals surface area contributed by atoms with Crippen LogP contribution in [0.25, 0.3) is 0 Å². The fourth-order valence-electron chi connectivity index (χ4n) is 7.26. The maximum absolute atomic E-state index is 13.4. The van der Waals surface area contributed by atoms with Gasteiger partial charge in [-0.3, -0.25) is 4.79 Å². The lowest BCUT2D eigenvalue weighted by atomic mass is 9.54. The molecule has 9 heteroatoms. The number of piperidine rings is 1. The van der Waals surface area contributed by atoms with Crippen molar-refractivity contribution in [3.63, 3.8) is 0 Å². The summed E-state index contributed by atoms with van der Waals surface area (Å²) in [6, 6.07) is 0.288. The van der Waals surface area contributed by atoms with E-state index in [-0.39, 0.29) is 18.1 Å². The summed E-state index contributed by atoms with van der Waals surface area (Å²) in [6.45, 7) is 5.76. The van der Waals surface area contributed by atoms with Gasteiger partial charge in [0, 0.05) is 25.7 Å². The van der Waals surface area contributed by atoms with Gasteiger partial charge in [-0.1, -0.05) is 0 Å². The van der Waals surface area contributed by atoms with Crippen LogP contribution in [0.5, 0.6) is 5.88 Å². The number of hydrogen-bond donors (Lipinski definition) is 1.